The molecular formula is C3H5N3O3. The number of carbonyl (C=O) groups is 2. The number of amides is 3. The Labute approximate surface area is 50.2 Å². The quantitative estimate of drug-likeness (QED) is 0.248. The fourth-order valence-corrected chi connectivity index (χ4v) is 0.508. The summed E-state index contributed by atoms with van der Waals surface area (Å²) in [6.45, 7) is 0. The van der Waals surface area contributed by atoms with Gasteiger partial charge in [-0.1, -0.05) is 0 Å². The van der Waals surface area contributed by atoms with Crippen molar-refractivity contribution in [2.75, 3.05) is 0 Å². The summed E-state index contributed by atoms with van der Waals surface area (Å²) in [5.74, 6) is -0.581. The van der Waals surface area contributed by atoms with Gasteiger partial charge in [-0.3, -0.25) is 10.1 Å². The summed E-state index contributed by atoms with van der Waals surface area (Å²) in [5, 5.41) is 12.1. The zero-order valence-electron chi connectivity index (χ0n) is 4.34. The molecule has 0 aromatic rings. The molecule has 1 fully saturated rings. The largest absolute Gasteiger partial charge is 0.323 e. The van der Waals surface area contributed by atoms with Crippen LogP contribution in [0, 0.1) is 0 Å². The van der Waals surface area contributed by atoms with E-state index < -0.39 is 18.1 Å². The fourth-order valence-electron chi connectivity index (χ4n) is 0.508. The van der Waals surface area contributed by atoms with E-state index in [4.69, 9.17) is 5.21 Å². The molecule has 0 aromatic carbocycles. The average molecular weight is 131 g/mol. The average Bonchev–Trinajstić information content (AvgIpc) is 2.10. The third-order valence-corrected chi connectivity index (χ3v) is 0.903. The zero-order chi connectivity index (χ0) is 6.85. The molecule has 1 aliphatic rings. The van der Waals surface area contributed by atoms with E-state index in [1.54, 1.807) is 5.48 Å². The molecule has 0 bridgehead atoms. The third-order valence-electron chi connectivity index (χ3n) is 0.903. The minimum Gasteiger partial charge on any atom is -0.314 e. The molecule has 1 heterocycles. The van der Waals surface area contributed by atoms with Gasteiger partial charge in [0.05, 0.1) is 0 Å². The second kappa shape index (κ2) is 2.00. The van der Waals surface area contributed by atoms with E-state index in [0.717, 1.165) is 0 Å². The van der Waals surface area contributed by atoms with E-state index in [0.29, 0.717) is 0 Å². The SMILES string of the molecule is O=C1NC(=O)C(NO)N1. The summed E-state index contributed by atoms with van der Waals surface area (Å²) in [7, 11) is 0. The van der Waals surface area contributed by atoms with Gasteiger partial charge in [0.15, 0.2) is 6.17 Å². The zero-order valence-corrected chi connectivity index (χ0v) is 4.34. The first-order chi connectivity index (χ1) is 4.24. The first kappa shape index (κ1) is 5.99. The lowest BCUT2D eigenvalue weighted by atomic mass is 10.5. The standard InChI is InChI=1S/C3H5N3O3/c7-2-1(6-9)4-3(8)5-2/h1,6,9H,(H2,4,5,7,8). The van der Waals surface area contributed by atoms with Crippen LogP contribution in [0.2, 0.25) is 0 Å². The van der Waals surface area contributed by atoms with Crippen molar-refractivity contribution in [3.63, 3.8) is 0 Å². The predicted molar refractivity (Wildman–Crippen MR) is 25.4 cm³/mol. The Balaban J connectivity index is 2.58. The van der Waals surface area contributed by atoms with E-state index in [1.807, 2.05) is 5.32 Å². The van der Waals surface area contributed by atoms with Gasteiger partial charge >= 0.3 is 6.03 Å². The van der Waals surface area contributed by atoms with Crippen molar-refractivity contribution < 1.29 is 14.8 Å². The number of hydrogen-bond acceptors (Lipinski definition) is 4. The Morgan fingerprint density at radius 3 is 2.44 bits per heavy atom. The molecule has 0 aliphatic carbocycles. The summed E-state index contributed by atoms with van der Waals surface area (Å²) in [5.41, 5.74) is 1.60. The van der Waals surface area contributed by atoms with Gasteiger partial charge in [-0.15, -0.1) is 0 Å². The van der Waals surface area contributed by atoms with Crippen LogP contribution in [0.4, 0.5) is 4.79 Å². The topological polar surface area (TPSA) is 90.5 Å². The Kier molecular flexibility index (Phi) is 1.33. The van der Waals surface area contributed by atoms with Gasteiger partial charge in [0.2, 0.25) is 0 Å². The van der Waals surface area contributed by atoms with Crippen molar-refractivity contribution >= 4 is 11.9 Å². The number of hydrogen-bond donors (Lipinski definition) is 4. The molecule has 6 nitrogen and oxygen atoms in total. The molecule has 0 aromatic heterocycles. The van der Waals surface area contributed by atoms with Crippen molar-refractivity contribution in [1.29, 1.82) is 0 Å². The van der Waals surface area contributed by atoms with Crippen molar-refractivity contribution in [1.82, 2.24) is 16.1 Å². The second-order valence-corrected chi connectivity index (χ2v) is 1.52. The number of nitrogens with one attached hydrogen (secondary N) is 3. The van der Waals surface area contributed by atoms with Crippen LogP contribution in [-0.2, 0) is 4.79 Å². The highest BCUT2D eigenvalue weighted by atomic mass is 16.5. The molecule has 0 radical (unpaired) electrons. The van der Waals surface area contributed by atoms with E-state index in [2.05, 4.69) is 5.32 Å². The monoisotopic (exact) mass is 131 g/mol. The molecular weight excluding hydrogens is 126 g/mol. The molecule has 4 N–H and O–H groups in total. The molecule has 1 aliphatic heterocycles. The predicted octanol–water partition coefficient (Wildman–Crippen LogP) is -1.87. The molecule has 1 atom stereocenters. The summed E-state index contributed by atoms with van der Waals surface area (Å²) in [4.78, 5) is 20.6. The summed E-state index contributed by atoms with van der Waals surface area (Å²) in [6.07, 6.45) is -1.00. The van der Waals surface area contributed by atoms with Crippen LogP contribution in [0.25, 0.3) is 0 Å². The van der Waals surface area contributed by atoms with E-state index in [1.165, 1.54) is 0 Å². The van der Waals surface area contributed by atoms with Gasteiger partial charge in [0, 0.05) is 0 Å². The van der Waals surface area contributed by atoms with Gasteiger partial charge in [-0.05, 0) is 0 Å². The third kappa shape index (κ3) is 0.980. The molecule has 0 spiro atoms. The van der Waals surface area contributed by atoms with Crippen LogP contribution in [0.1, 0.15) is 0 Å². The van der Waals surface area contributed by atoms with Crippen molar-refractivity contribution in [2.45, 2.75) is 6.17 Å². The number of imide groups is 1. The molecule has 9 heavy (non-hydrogen) atoms. The minimum atomic E-state index is -1.00. The lowest BCUT2D eigenvalue weighted by molar-refractivity contribution is -0.123. The van der Waals surface area contributed by atoms with E-state index in [9.17, 15) is 9.59 Å². The number of carbonyl (C=O) groups excluding carboxylic acids is 2. The van der Waals surface area contributed by atoms with Crippen LogP contribution < -0.4 is 16.1 Å². The highest BCUT2D eigenvalue weighted by molar-refractivity contribution is 6.03. The van der Waals surface area contributed by atoms with Crippen molar-refractivity contribution in [3.8, 4) is 0 Å². The molecule has 1 unspecified atom stereocenters. The van der Waals surface area contributed by atoms with Crippen molar-refractivity contribution in [3.05, 3.63) is 0 Å². The van der Waals surface area contributed by atoms with Crippen LogP contribution in [0.3, 0.4) is 0 Å². The van der Waals surface area contributed by atoms with Gasteiger partial charge in [0.25, 0.3) is 5.91 Å². The summed E-state index contributed by atoms with van der Waals surface area (Å²) in [6, 6.07) is -0.605. The van der Waals surface area contributed by atoms with Crippen LogP contribution in [0.15, 0.2) is 0 Å². The van der Waals surface area contributed by atoms with Crippen LogP contribution in [0.5, 0.6) is 0 Å². The Bertz CT molecular complexity index is 156. The van der Waals surface area contributed by atoms with Crippen molar-refractivity contribution in [2.24, 2.45) is 0 Å². The van der Waals surface area contributed by atoms with Gasteiger partial charge in [-0.25, -0.2) is 4.79 Å². The molecule has 6 heteroatoms. The maximum Gasteiger partial charge on any atom is 0.323 e. The first-order valence-electron chi connectivity index (χ1n) is 2.25. The second-order valence-electron chi connectivity index (χ2n) is 1.52. The van der Waals surface area contributed by atoms with Crippen LogP contribution in [-0.4, -0.2) is 23.3 Å². The van der Waals surface area contributed by atoms with E-state index >= 15 is 0 Å². The van der Waals surface area contributed by atoms with Crippen LogP contribution >= 0.6 is 0 Å². The first-order valence-corrected chi connectivity index (χ1v) is 2.25. The number of hydroxylamine groups is 1. The fraction of sp³-hybridized carbons (Fsp3) is 0.333. The summed E-state index contributed by atoms with van der Waals surface area (Å²) < 4.78 is 0. The van der Waals surface area contributed by atoms with Gasteiger partial charge in [-0.2, -0.15) is 5.48 Å². The highest BCUT2D eigenvalue weighted by Gasteiger charge is 2.28. The maximum atomic E-state index is 10.4. The summed E-state index contributed by atoms with van der Waals surface area (Å²) >= 11 is 0. The van der Waals surface area contributed by atoms with Gasteiger partial charge < -0.3 is 10.5 Å². The normalized spacial score (nSPS) is 25.7. The van der Waals surface area contributed by atoms with Gasteiger partial charge in [0.1, 0.15) is 0 Å². The highest BCUT2D eigenvalue weighted by Crippen LogP contribution is 1.85. The smallest absolute Gasteiger partial charge is 0.314 e. The molecule has 1 rings (SSSR count). The molecule has 0 saturated carbocycles. The molecule has 50 valence electrons. The number of urea groups is 1. The Hall–Kier alpha value is -1.14. The lowest BCUT2D eigenvalue weighted by Gasteiger charge is -1.99. The molecule has 3 amide bonds. The lowest BCUT2D eigenvalue weighted by Crippen LogP contribution is -2.41. The molecule has 1 saturated heterocycles. The Morgan fingerprint density at radius 2 is 2.22 bits per heavy atom. The Morgan fingerprint density at radius 1 is 1.56 bits per heavy atom. The minimum absolute atomic E-state index is 0.581. The maximum absolute atomic E-state index is 10.4. The van der Waals surface area contributed by atoms with E-state index in [-0.39, 0.29) is 0 Å². The number of rotatable bonds is 1.